The number of hydrogen-bond acceptors (Lipinski definition) is 5. The van der Waals surface area contributed by atoms with Gasteiger partial charge >= 0.3 is 6.18 Å². The minimum Gasteiger partial charge on any atom is -0.399 e. The van der Waals surface area contributed by atoms with Crippen molar-refractivity contribution in [3.63, 3.8) is 0 Å². The van der Waals surface area contributed by atoms with E-state index in [1.807, 2.05) is 0 Å². The zero-order chi connectivity index (χ0) is 24.6. The molecule has 182 valence electrons. The normalized spacial score (nSPS) is 23.5. The number of benzene rings is 1. The molecule has 3 N–H and O–H groups in total. The highest BCUT2D eigenvalue weighted by Gasteiger charge is 2.56. The highest BCUT2D eigenvalue weighted by molar-refractivity contribution is 6.32. The number of piperidine rings is 1. The maximum Gasteiger partial charge on any atom is 0.418 e. The number of anilines is 1. The van der Waals surface area contributed by atoms with E-state index >= 15 is 4.39 Å². The van der Waals surface area contributed by atoms with Gasteiger partial charge in [-0.2, -0.15) is 23.5 Å². The molecule has 2 saturated carbocycles. The lowest BCUT2D eigenvalue weighted by Crippen LogP contribution is -2.14. The molecule has 1 aliphatic heterocycles. The first-order chi connectivity index (χ1) is 16.7. The van der Waals surface area contributed by atoms with Crippen molar-refractivity contribution in [3.05, 3.63) is 39.9 Å². The summed E-state index contributed by atoms with van der Waals surface area (Å²) < 4.78 is 59.9. The highest BCUT2D eigenvalue weighted by Crippen LogP contribution is 2.58. The summed E-state index contributed by atoms with van der Waals surface area (Å²) in [6.45, 7) is 1.71. The summed E-state index contributed by atoms with van der Waals surface area (Å²) in [5.41, 5.74) is 4.88. The monoisotopic (exact) mass is 504 g/mol. The molecular formula is C24H21ClF4N6. The molecule has 3 aromatic rings. The third-order valence-corrected chi connectivity index (χ3v) is 7.61. The van der Waals surface area contributed by atoms with E-state index in [2.05, 4.69) is 16.4 Å². The number of nitrogens with zero attached hydrogens (tertiary/aromatic N) is 4. The van der Waals surface area contributed by atoms with Crippen LogP contribution in [0.15, 0.2) is 12.1 Å². The summed E-state index contributed by atoms with van der Waals surface area (Å²) in [5.74, 6) is 0.0791. The predicted molar refractivity (Wildman–Crippen MR) is 122 cm³/mol. The van der Waals surface area contributed by atoms with E-state index < -0.39 is 33.8 Å². The topological polar surface area (TPSA) is 92.6 Å². The molecule has 3 fully saturated rings. The molecule has 2 aliphatic carbocycles. The third kappa shape index (κ3) is 3.55. The quantitative estimate of drug-likeness (QED) is 0.367. The fourth-order valence-corrected chi connectivity index (χ4v) is 5.91. The molecule has 2 aromatic heterocycles. The van der Waals surface area contributed by atoms with E-state index in [4.69, 9.17) is 22.4 Å². The van der Waals surface area contributed by atoms with Crippen LogP contribution in [0.3, 0.4) is 0 Å². The van der Waals surface area contributed by atoms with Crippen LogP contribution in [-0.2, 0) is 12.6 Å². The minimum absolute atomic E-state index is 0.0111. The van der Waals surface area contributed by atoms with Crippen LogP contribution < -0.4 is 11.1 Å². The van der Waals surface area contributed by atoms with E-state index in [-0.39, 0.29) is 36.0 Å². The second kappa shape index (κ2) is 7.80. The number of nitrogens with two attached hydrogens (primary N) is 1. The lowest BCUT2D eigenvalue weighted by Gasteiger charge is -2.17. The van der Waals surface area contributed by atoms with E-state index in [0.29, 0.717) is 22.9 Å². The predicted octanol–water partition coefficient (Wildman–Crippen LogP) is 5.22. The van der Waals surface area contributed by atoms with Crippen molar-refractivity contribution in [2.45, 2.75) is 43.8 Å². The van der Waals surface area contributed by atoms with E-state index in [1.54, 1.807) is 4.68 Å². The van der Waals surface area contributed by atoms with Crippen LogP contribution in [0.4, 0.5) is 23.2 Å². The van der Waals surface area contributed by atoms with Gasteiger partial charge in [0.1, 0.15) is 11.2 Å². The van der Waals surface area contributed by atoms with Gasteiger partial charge in [0.25, 0.3) is 0 Å². The first-order valence-electron chi connectivity index (χ1n) is 11.6. The number of aromatic nitrogens is 3. The number of alkyl halides is 3. The maximum atomic E-state index is 16.3. The zero-order valence-corrected chi connectivity index (χ0v) is 19.2. The summed E-state index contributed by atoms with van der Waals surface area (Å²) in [6.07, 6.45) is -2.96. The minimum atomic E-state index is -4.85. The SMILES string of the molecule is N#CCCc1nc(-c2cc(N)cc(Cl)c2C(F)(F)F)c(F)c2c1c(C1[C@H]3CNC[C@@H]13)nn2C1CC1. The Morgan fingerprint density at radius 1 is 1.23 bits per heavy atom. The van der Waals surface area contributed by atoms with E-state index in [9.17, 15) is 18.4 Å². The number of rotatable bonds is 5. The second-order valence-corrected chi connectivity index (χ2v) is 10.0. The molecule has 1 saturated heterocycles. The smallest absolute Gasteiger partial charge is 0.399 e. The fourth-order valence-electron chi connectivity index (χ4n) is 5.58. The summed E-state index contributed by atoms with van der Waals surface area (Å²) in [7, 11) is 0. The van der Waals surface area contributed by atoms with Crippen LogP contribution in [0.25, 0.3) is 22.2 Å². The van der Waals surface area contributed by atoms with Crippen molar-refractivity contribution in [1.29, 1.82) is 5.26 Å². The van der Waals surface area contributed by atoms with Crippen LogP contribution in [0.1, 0.15) is 48.2 Å². The Balaban J connectivity index is 1.65. The van der Waals surface area contributed by atoms with Crippen molar-refractivity contribution in [1.82, 2.24) is 20.1 Å². The maximum absolute atomic E-state index is 16.3. The van der Waals surface area contributed by atoms with Gasteiger partial charge in [0.2, 0.25) is 0 Å². The van der Waals surface area contributed by atoms with E-state index in [1.165, 1.54) is 0 Å². The number of nitriles is 1. The second-order valence-electron chi connectivity index (χ2n) is 9.60. The van der Waals surface area contributed by atoms with Gasteiger partial charge in [-0.1, -0.05) is 11.6 Å². The molecular weight excluding hydrogens is 484 g/mol. The Labute approximate surface area is 203 Å². The van der Waals surface area contributed by atoms with Gasteiger partial charge in [0.05, 0.1) is 34.1 Å². The number of nitrogen functional groups attached to an aromatic ring is 1. The standard InChI is InChI=1S/C24H21ClF4N6/c25-15-7-10(31)6-12(19(15)24(27,28)29)21-20(26)23-18(16(33-21)2-1-5-30)22(34-35(23)11-3-4-11)17-13-8-32-9-14(13)17/h6-7,11,13-14,17,32H,1-4,8-9,31H2/t13-,14+,17?. The molecule has 11 heteroatoms. The van der Waals surface area contributed by atoms with Gasteiger partial charge in [0, 0.05) is 35.4 Å². The van der Waals surface area contributed by atoms with Crippen LogP contribution in [0, 0.1) is 29.0 Å². The van der Waals surface area contributed by atoms with Crippen LogP contribution in [0.2, 0.25) is 5.02 Å². The van der Waals surface area contributed by atoms with Crippen molar-refractivity contribution in [3.8, 4) is 17.3 Å². The number of nitrogens with one attached hydrogen (secondary N) is 1. The lowest BCUT2D eigenvalue weighted by molar-refractivity contribution is -0.137. The highest BCUT2D eigenvalue weighted by atomic mass is 35.5. The van der Waals surface area contributed by atoms with E-state index in [0.717, 1.165) is 43.8 Å². The van der Waals surface area contributed by atoms with Gasteiger partial charge in [0.15, 0.2) is 5.82 Å². The Morgan fingerprint density at radius 3 is 2.57 bits per heavy atom. The first-order valence-corrected chi connectivity index (χ1v) is 11.9. The Hall–Kier alpha value is -2.90. The number of pyridine rings is 1. The first kappa shape index (κ1) is 22.6. The summed E-state index contributed by atoms with van der Waals surface area (Å²) in [4.78, 5) is 4.41. The summed E-state index contributed by atoms with van der Waals surface area (Å²) in [6, 6.07) is 4.10. The van der Waals surface area contributed by atoms with Crippen LogP contribution in [-0.4, -0.2) is 27.9 Å². The molecule has 3 aliphatic rings. The summed E-state index contributed by atoms with van der Waals surface area (Å²) >= 11 is 5.95. The van der Waals surface area contributed by atoms with Gasteiger partial charge < -0.3 is 11.1 Å². The largest absolute Gasteiger partial charge is 0.418 e. The third-order valence-electron chi connectivity index (χ3n) is 7.31. The van der Waals surface area contributed by atoms with Crippen molar-refractivity contribution >= 4 is 28.2 Å². The molecule has 0 amide bonds. The molecule has 3 atom stereocenters. The number of aryl methyl sites for hydroxylation is 1. The molecule has 6 nitrogen and oxygen atoms in total. The fraction of sp³-hybridized carbons (Fsp3) is 0.458. The Bertz CT molecular complexity index is 1390. The molecule has 1 aromatic carbocycles. The molecule has 3 heterocycles. The van der Waals surface area contributed by atoms with Crippen LogP contribution >= 0.6 is 11.6 Å². The van der Waals surface area contributed by atoms with Gasteiger partial charge in [-0.3, -0.25) is 4.68 Å². The lowest BCUT2D eigenvalue weighted by atomic mass is 9.98. The van der Waals surface area contributed by atoms with Crippen molar-refractivity contribution < 1.29 is 17.6 Å². The average molecular weight is 505 g/mol. The number of halogens is 5. The molecule has 0 bridgehead atoms. The Morgan fingerprint density at radius 2 is 1.94 bits per heavy atom. The molecule has 0 radical (unpaired) electrons. The molecule has 1 unspecified atom stereocenters. The number of fused-ring (bicyclic) bond motifs is 2. The molecule has 6 rings (SSSR count). The molecule has 35 heavy (non-hydrogen) atoms. The van der Waals surface area contributed by atoms with Gasteiger partial charge in [-0.25, -0.2) is 9.37 Å². The van der Waals surface area contributed by atoms with Crippen molar-refractivity contribution in [2.75, 3.05) is 18.8 Å². The van der Waals surface area contributed by atoms with Crippen molar-refractivity contribution in [2.24, 2.45) is 11.8 Å². The number of hydrogen-bond donors (Lipinski definition) is 2. The zero-order valence-electron chi connectivity index (χ0n) is 18.5. The van der Waals surface area contributed by atoms with Gasteiger partial charge in [-0.15, -0.1) is 0 Å². The average Bonchev–Trinajstić information content (AvgIpc) is 3.66. The molecule has 0 spiro atoms. The van der Waals surface area contributed by atoms with Gasteiger partial charge in [-0.05, 0) is 49.9 Å². The summed E-state index contributed by atoms with van der Waals surface area (Å²) in [5, 5.41) is 17.3. The van der Waals surface area contributed by atoms with Crippen LogP contribution in [0.5, 0.6) is 0 Å². The Kier molecular flexibility index (Phi) is 5.03.